The Balaban J connectivity index is 0.00000171. The Morgan fingerprint density at radius 3 is 2.26 bits per heavy atom. The average Bonchev–Trinajstić information content (AvgIpc) is 3.24. The summed E-state index contributed by atoms with van der Waals surface area (Å²) in [6, 6.07) is 18.8. The molecule has 0 spiro atoms. The third-order valence-electron chi connectivity index (χ3n) is 6.40. The van der Waals surface area contributed by atoms with Gasteiger partial charge in [0.2, 0.25) is 5.91 Å². The Hall–Kier alpha value is -1.95. The minimum absolute atomic E-state index is 0. The molecule has 0 radical (unpaired) electrons. The van der Waals surface area contributed by atoms with Gasteiger partial charge in [0, 0.05) is 37.3 Å². The number of rotatable bonds is 5. The van der Waals surface area contributed by atoms with Gasteiger partial charge in [0.25, 0.3) is 0 Å². The minimum Gasteiger partial charge on any atom is -0.497 e. The summed E-state index contributed by atoms with van der Waals surface area (Å²) >= 11 is 0. The number of carbonyl (C=O) groups is 1. The number of amides is 1. The van der Waals surface area contributed by atoms with E-state index in [0.717, 1.165) is 31.1 Å². The molecule has 170 valence electrons. The van der Waals surface area contributed by atoms with Crippen molar-refractivity contribution in [2.24, 2.45) is 11.8 Å². The highest BCUT2D eigenvalue weighted by atomic mass is 35.5. The van der Waals surface area contributed by atoms with Gasteiger partial charge in [-0.2, -0.15) is 0 Å². The van der Waals surface area contributed by atoms with Gasteiger partial charge < -0.3 is 15.0 Å². The fourth-order valence-electron chi connectivity index (χ4n) is 5.06. The largest absolute Gasteiger partial charge is 0.497 e. The van der Waals surface area contributed by atoms with Gasteiger partial charge in [-0.3, -0.25) is 9.69 Å². The van der Waals surface area contributed by atoms with E-state index in [1.807, 2.05) is 38.1 Å². The van der Waals surface area contributed by atoms with E-state index < -0.39 is 5.54 Å². The number of benzene rings is 2. The standard InChI is InChI=1S/C24H31N3O2.2ClH/c1-24(2,25-19-10-12-20(29-4)13-11-19)23(28)27-15-18-14-26(3)22(21(18)16-27)17-8-6-5-7-9-17;;/h5-13,18,21-22,25H,14-16H2,1-4H3;2*1H/t18-,21+,22-;;/m0../s1. The smallest absolute Gasteiger partial charge is 0.247 e. The molecule has 1 amide bonds. The molecule has 0 unspecified atom stereocenters. The number of methoxy groups -OCH3 is 1. The second-order valence-electron chi connectivity index (χ2n) is 8.91. The molecule has 1 N–H and O–H groups in total. The van der Waals surface area contributed by atoms with Gasteiger partial charge in [0.15, 0.2) is 0 Å². The van der Waals surface area contributed by atoms with Crippen molar-refractivity contribution in [3.8, 4) is 5.75 Å². The summed E-state index contributed by atoms with van der Waals surface area (Å²) < 4.78 is 5.22. The topological polar surface area (TPSA) is 44.8 Å². The van der Waals surface area contributed by atoms with Gasteiger partial charge in [-0.05, 0) is 56.6 Å². The van der Waals surface area contributed by atoms with Crippen LogP contribution in [0.5, 0.6) is 5.75 Å². The van der Waals surface area contributed by atoms with Crippen molar-refractivity contribution in [2.45, 2.75) is 25.4 Å². The second-order valence-corrected chi connectivity index (χ2v) is 8.91. The summed E-state index contributed by atoms with van der Waals surface area (Å²) in [4.78, 5) is 17.9. The number of hydrogen-bond donors (Lipinski definition) is 1. The SMILES string of the molecule is COc1ccc(NC(C)(C)C(=O)N2C[C@@H]3CN(C)[C@@H](c4ccccc4)[C@@H]3C2)cc1.Cl.Cl. The third kappa shape index (κ3) is 5.11. The van der Waals surface area contributed by atoms with Crippen LogP contribution in [0.25, 0.3) is 0 Å². The molecule has 2 aromatic carbocycles. The Morgan fingerprint density at radius 2 is 1.65 bits per heavy atom. The molecule has 31 heavy (non-hydrogen) atoms. The van der Waals surface area contributed by atoms with Crippen LogP contribution in [0.4, 0.5) is 5.69 Å². The fraction of sp³-hybridized carbons (Fsp3) is 0.458. The molecule has 2 aliphatic rings. The number of nitrogens with zero attached hydrogens (tertiary/aromatic N) is 2. The second kappa shape index (κ2) is 10.1. The molecule has 0 aliphatic carbocycles. The summed E-state index contributed by atoms with van der Waals surface area (Å²) in [6.07, 6.45) is 0. The molecule has 0 bridgehead atoms. The molecule has 0 saturated carbocycles. The van der Waals surface area contributed by atoms with Crippen molar-refractivity contribution in [1.29, 1.82) is 0 Å². The maximum absolute atomic E-state index is 13.4. The zero-order valence-corrected chi connectivity index (χ0v) is 20.2. The Kier molecular flexibility index (Phi) is 8.26. The first-order valence-corrected chi connectivity index (χ1v) is 10.4. The lowest BCUT2D eigenvalue weighted by Crippen LogP contribution is -2.50. The van der Waals surface area contributed by atoms with Crippen LogP contribution in [0.2, 0.25) is 0 Å². The number of hydrogen-bond acceptors (Lipinski definition) is 4. The molecule has 2 heterocycles. The minimum atomic E-state index is -0.665. The first-order valence-electron chi connectivity index (χ1n) is 10.4. The molecule has 2 saturated heterocycles. The molecule has 3 atom stereocenters. The molecule has 7 heteroatoms. The number of fused-ring (bicyclic) bond motifs is 1. The highest BCUT2D eigenvalue weighted by molar-refractivity contribution is 5.89. The summed E-state index contributed by atoms with van der Waals surface area (Å²) in [5, 5.41) is 3.41. The fourth-order valence-corrected chi connectivity index (χ4v) is 5.06. The van der Waals surface area contributed by atoms with Crippen LogP contribution < -0.4 is 10.1 Å². The van der Waals surface area contributed by atoms with Gasteiger partial charge in [0.1, 0.15) is 11.3 Å². The lowest BCUT2D eigenvalue weighted by molar-refractivity contribution is -0.134. The molecule has 0 aromatic heterocycles. The van der Waals surface area contributed by atoms with Crippen LogP contribution in [0.1, 0.15) is 25.5 Å². The predicted octanol–water partition coefficient (Wildman–Crippen LogP) is 4.49. The molecular formula is C24H33Cl2N3O2. The average molecular weight is 466 g/mol. The van der Waals surface area contributed by atoms with E-state index in [9.17, 15) is 4.79 Å². The Labute approximate surface area is 198 Å². The van der Waals surface area contributed by atoms with E-state index in [-0.39, 0.29) is 30.7 Å². The normalized spacial score (nSPS) is 22.8. The molecule has 2 aliphatic heterocycles. The number of carbonyl (C=O) groups excluding carboxylic acids is 1. The molecule has 4 rings (SSSR count). The molecular weight excluding hydrogens is 433 g/mol. The Morgan fingerprint density at radius 1 is 1.00 bits per heavy atom. The van der Waals surface area contributed by atoms with Crippen LogP contribution >= 0.6 is 24.8 Å². The first kappa shape index (κ1) is 25.3. The van der Waals surface area contributed by atoms with Crippen LogP contribution in [0.15, 0.2) is 54.6 Å². The summed E-state index contributed by atoms with van der Waals surface area (Å²) in [7, 11) is 3.86. The monoisotopic (exact) mass is 465 g/mol. The van der Waals surface area contributed by atoms with Crippen LogP contribution in [-0.4, -0.2) is 55.0 Å². The zero-order chi connectivity index (χ0) is 20.6. The van der Waals surface area contributed by atoms with Crippen molar-refractivity contribution < 1.29 is 9.53 Å². The highest BCUT2D eigenvalue weighted by Crippen LogP contribution is 2.44. The number of ether oxygens (including phenoxy) is 1. The Bertz CT molecular complexity index is 861. The van der Waals surface area contributed by atoms with Gasteiger partial charge >= 0.3 is 0 Å². The van der Waals surface area contributed by atoms with Crippen LogP contribution in [-0.2, 0) is 4.79 Å². The maximum Gasteiger partial charge on any atom is 0.247 e. The van der Waals surface area contributed by atoms with Crippen LogP contribution in [0, 0.1) is 11.8 Å². The van der Waals surface area contributed by atoms with Gasteiger partial charge in [-0.1, -0.05) is 30.3 Å². The zero-order valence-electron chi connectivity index (χ0n) is 18.6. The number of halogens is 2. The quantitative estimate of drug-likeness (QED) is 0.706. The van der Waals surface area contributed by atoms with Crippen molar-refractivity contribution >= 4 is 36.4 Å². The van der Waals surface area contributed by atoms with Gasteiger partial charge in [-0.15, -0.1) is 24.8 Å². The maximum atomic E-state index is 13.4. The van der Waals surface area contributed by atoms with Crippen molar-refractivity contribution in [3.05, 3.63) is 60.2 Å². The number of likely N-dealkylation sites (tertiary alicyclic amines) is 2. The van der Waals surface area contributed by atoms with E-state index in [1.165, 1.54) is 5.56 Å². The van der Waals surface area contributed by atoms with Crippen LogP contribution in [0.3, 0.4) is 0 Å². The number of nitrogens with one attached hydrogen (secondary N) is 1. The predicted molar refractivity (Wildman–Crippen MR) is 131 cm³/mol. The van der Waals surface area contributed by atoms with Gasteiger partial charge in [0.05, 0.1) is 7.11 Å². The van der Waals surface area contributed by atoms with E-state index >= 15 is 0 Å². The third-order valence-corrected chi connectivity index (χ3v) is 6.40. The van der Waals surface area contributed by atoms with Crippen molar-refractivity contribution in [1.82, 2.24) is 9.80 Å². The van der Waals surface area contributed by atoms with E-state index in [4.69, 9.17) is 4.74 Å². The van der Waals surface area contributed by atoms with Crippen molar-refractivity contribution in [3.63, 3.8) is 0 Å². The first-order chi connectivity index (χ1) is 13.9. The highest BCUT2D eigenvalue weighted by Gasteiger charge is 2.48. The van der Waals surface area contributed by atoms with Crippen molar-refractivity contribution in [2.75, 3.05) is 39.1 Å². The number of anilines is 1. The molecule has 2 fully saturated rings. The van der Waals surface area contributed by atoms with E-state index in [1.54, 1.807) is 7.11 Å². The summed E-state index contributed by atoms with van der Waals surface area (Å²) in [5.41, 5.74) is 1.61. The summed E-state index contributed by atoms with van der Waals surface area (Å²) in [5.74, 6) is 1.99. The van der Waals surface area contributed by atoms with E-state index in [0.29, 0.717) is 17.9 Å². The molecule has 2 aromatic rings. The lowest BCUT2D eigenvalue weighted by atomic mass is 9.90. The van der Waals surface area contributed by atoms with Gasteiger partial charge in [-0.25, -0.2) is 0 Å². The summed E-state index contributed by atoms with van der Waals surface area (Å²) in [6.45, 7) is 6.63. The lowest BCUT2D eigenvalue weighted by Gasteiger charge is -2.33. The van der Waals surface area contributed by atoms with E-state index in [2.05, 4.69) is 52.5 Å². The molecule has 5 nitrogen and oxygen atoms in total.